The number of ether oxygens (including phenoxy) is 2. The van der Waals surface area contributed by atoms with Crippen LogP contribution in [0.25, 0.3) is 10.8 Å². The Bertz CT molecular complexity index is 774. The number of methoxy groups -OCH3 is 1. The number of aliphatic hydroxyl groups is 2. The molecule has 0 radical (unpaired) electrons. The Kier molecular flexibility index (Phi) is 3.64. The largest absolute Gasteiger partial charge is 0.494 e. The Morgan fingerprint density at radius 1 is 1.32 bits per heavy atom. The Morgan fingerprint density at radius 3 is 2.64 bits per heavy atom. The zero-order valence-electron chi connectivity index (χ0n) is 12.1. The molecule has 1 fully saturated rings. The van der Waals surface area contributed by atoms with Crippen molar-refractivity contribution in [1.82, 2.24) is 4.57 Å². The highest BCUT2D eigenvalue weighted by Gasteiger charge is 2.41. The molecule has 1 aliphatic rings. The molecule has 3 rings (SSSR count). The van der Waals surface area contributed by atoms with Crippen molar-refractivity contribution in [3.63, 3.8) is 0 Å². The normalized spacial score (nSPS) is 28.2. The van der Waals surface area contributed by atoms with Crippen LogP contribution < -0.4 is 10.3 Å². The van der Waals surface area contributed by atoms with Crippen LogP contribution in [0.15, 0.2) is 29.2 Å². The molecule has 0 saturated carbocycles. The Labute approximate surface area is 125 Å². The molecule has 1 aliphatic heterocycles. The van der Waals surface area contributed by atoms with E-state index in [0.717, 1.165) is 10.6 Å². The fourth-order valence-electron chi connectivity index (χ4n) is 2.67. The highest BCUT2D eigenvalue weighted by atomic mass is 19.1. The summed E-state index contributed by atoms with van der Waals surface area (Å²) >= 11 is 0. The molecule has 22 heavy (non-hydrogen) atoms. The third-order valence-electron chi connectivity index (χ3n) is 3.95. The number of fused-ring (bicyclic) bond motifs is 1. The van der Waals surface area contributed by atoms with E-state index in [0.29, 0.717) is 5.39 Å². The molecule has 1 aromatic carbocycles. The Balaban J connectivity index is 2.13. The molecule has 0 bridgehead atoms. The first-order valence-electron chi connectivity index (χ1n) is 6.84. The number of aromatic nitrogens is 1. The van der Waals surface area contributed by atoms with Crippen LogP contribution in [0.3, 0.4) is 0 Å². The van der Waals surface area contributed by atoms with Crippen LogP contribution in [0.4, 0.5) is 4.39 Å². The maximum Gasteiger partial charge on any atom is 0.260 e. The van der Waals surface area contributed by atoms with E-state index in [4.69, 9.17) is 9.47 Å². The zero-order chi connectivity index (χ0) is 16.0. The SMILES string of the molecule is COc1cc2ccn(C3OC(C)C(O)C3O)c(=O)c2cc1F. The summed E-state index contributed by atoms with van der Waals surface area (Å²) in [7, 11) is 1.34. The van der Waals surface area contributed by atoms with Crippen LogP contribution in [0.5, 0.6) is 5.75 Å². The van der Waals surface area contributed by atoms with Crippen molar-refractivity contribution in [3.05, 3.63) is 40.6 Å². The summed E-state index contributed by atoms with van der Waals surface area (Å²) < 4.78 is 25.3. The lowest BCUT2D eigenvalue weighted by Crippen LogP contribution is -2.34. The van der Waals surface area contributed by atoms with Crippen molar-refractivity contribution >= 4 is 10.8 Å². The molecule has 4 unspecified atom stereocenters. The summed E-state index contributed by atoms with van der Waals surface area (Å²) in [6, 6.07) is 4.12. The highest BCUT2D eigenvalue weighted by Crippen LogP contribution is 2.29. The van der Waals surface area contributed by atoms with Gasteiger partial charge in [0.25, 0.3) is 5.56 Å². The van der Waals surface area contributed by atoms with E-state index in [1.807, 2.05) is 0 Å². The number of pyridine rings is 1. The summed E-state index contributed by atoms with van der Waals surface area (Å²) in [6.07, 6.45) is -2.48. The van der Waals surface area contributed by atoms with Gasteiger partial charge in [0.1, 0.15) is 12.2 Å². The third-order valence-corrected chi connectivity index (χ3v) is 3.95. The number of rotatable bonds is 2. The quantitative estimate of drug-likeness (QED) is 0.857. The van der Waals surface area contributed by atoms with Gasteiger partial charge in [-0.05, 0) is 30.5 Å². The first-order chi connectivity index (χ1) is 10.4. The number of hydrogen-bond acceptors (Lipinski definition) is 5. The second kappa shape index (κ2) is 5.35. The molecular weight excluding hydrogens is 293 g/mol. The molecule has 0 aliphatic carbocycles. The van der Waals surface area contributed by atoms with Crippen molar-refractivity contribution in [1.29, 1.82) is 0 Å². The third kappa shape index (κ3) is 2.18. The van der Waals surface area contributed by atoms with E-state index in [1.54, 1.807) is 13.0 Å². The topological polar surface area (TPSA) is 80.9 Å². The van der Waals surface area contributed by atoms with Gasteiger partial charge in [-0.15, -0.1) is 0 Å². The minimum atomic E-state index is -1.23. The Hall–Kier alpha value is -1.96. The molecule has 0 amide bonds. The van der Waals surface area contributed by atoms with Crippen molar-refractivity contribution in [2.75, 3.05) is 7.11 Å². The van der Waals surface area contributed by atoms with Crippen molar-refractivity contribution < 1.29 is 24.1 Å². The maximum atomic E-state index is 13.8. The average Bonchev–Trinajstić information content (AvgIpc) is 2.75. The first-order valence-corrected chi connectivity index (χ1v) is 6.84. The van der Waals surface area contributed by atoms with E-state index < -0.39 is 35.9 Å². The standard InChI is InChI=1S/C15H16FNO5/c1-7-12(18)13(19)15(22-7)17-4-3-8-5-11(21-2)10(16)6-9(8)14(17)20/h3-7,12-13,15,18-19H,1-2H3. The van der Waals surface area contributed by atoms with E-state index in [1.165, 1.54) is 19.4 Å². The van der Waals surface area contributed by atoms with Crippen LogP contribution in [0, 0.1) is 5.82 Å². The summed E-state index contributed by atoms with van der Waals surface area (Å²) in [5, 5.41) is 20.4. The smallest absolute Gasteiger partial charge is 0.260 e. The van der Waals surface area contributed by atoms with Gasteiger partial charge in [-0.1, -0.05) is 0 Å². The van der Waals surface area contributed by atoms with Crippen LogP contribution >= 0.6 is 0 Å². The van der Waals surface area contributed by atoms with Gasteiger partial charge in [-0.3, -0.25) is 9.36 Å². The number of halogens is 1. The van der Waals surface area contributed by atoms with Crippen LogP contribution in [-0.4, -0.2) is 40.2 Å². The molecule has 118 valence electrons. The molecule has 4 atom stereocenters. The van der Waals surface area contributed by atoms with Crippen LogP contribution in [-0.2, 0) is 4.74 Å². The minimum Gasteiger partial charge on any atom is -0.494 e. The second-order valence-electron chi connectivity index (χ2n) is 5.32. The lowest BCUT2D eigenvalue weighted by Gasteiger charge is -2.18. The second-order valence-corrected chi connectivity index (χ2v) is 5.32. The number of aliphatic hydroxyl groups excluding tert-OH is 2. The van der Waals surface area contributed by atoms with Crippen LogP contribution in [0.2, 0.25) is 0 Å². The van der Waals surface area contributed by atoms with Gasteiger partial charge in [-0.25, -0.2) is 4.39 Å². The van der Waals surface area contributed by atoms with Gasteiger partial charge in [0.15, 0.2) is 17.8 Å². The molecular formula is C15H16FNO5. The molecule has 1 saturated heterocycles. The number of nitrogens with zero attached hydrogens (tertiary/aromatic N) is 1. The monoisotopic (exact) mass is 309 g/mol. The minimum absolute atomic E-state index is 0.0471. The highest BCUT2D eigenvalue weighted by molar-refractivity contribution is 5.83. The fraction of sp³-hybridized carbons (Fsp3) is 0.400. The van der Waals surface area contributed by atoms with E-state index >= 15 is 0 Å². The van der Waals surface area contributed by atoms with Gasteiger partial charge in [0, 0.05) is 6.20 Å². The predicted octanol–water partition coefficient (Wildman–Crippen LogP) is 0.788. The number of hydrogen-bond donors (Lipinski definition) is 2. The fourth-order valence-corrected chi connectivity index (χ4v) is 2.67. The van der Waals surface area contributed by atoms with E-state index in [9.17, 15) is 19.4 Å². The van der Waals surface area contributed by atoms with Gasteiger partial charge >= 0.3 is 0 Å². The van der Waals surface area contributed by atoms with Gasteiger partial charge in [0.2, 0.25) is 0 Å². The summed E-state index contributed by atoms with van der Waals surface area (Å²) in [5.41, 5.74) is -0.510. The molecule has 0 spiro atoms. The zero-order valence-corrected chi connectivity index (χ0v) is 12.1. The lowest BCUT2D eigenvalue weighted by molar-refractivity contribution is -0.0339. The molecule has 1 aromatic heterocycles. The molecule has 2 aromatic rings. The van der Waals surface area contributed by atoms with Crippen molar-refractivity contribution in [3.8, 4) is 5.75 Å². The van der Waals surface area contributed by atoms with Crippen molar-refractivity contribution in [2.45, 2.75) is 31.5 Å². The van der Waals surface area contributed by atoms with Gasteiger partial charge in [-0.2, -0.15) is 0 Å². The Morgan fingerprint density at radius 2 is 2.05 bits per heavy atom. The summed E-state index contributed by atoms with van der Waals surface area (Å²) in [6.45, 7) is 1.60. The van der Waals surface area contributed by atoms with Crippen molar-refractivity contribution in [2.24, 2.45) is 0 Å². The average molecular weight is 309 g/mol. The maximum absolute atomic E-state index is 13.8. The predicted molar refractivity (Wildman–Crippen MR) is 76.3 cm³/mol. The molecule has 2 N–H and O–H groups in total. The molecule has 7 heteroatoms. The lowest BCUT2D eigenvalue weighted by atomic mass is 10.1. The van der Waals surface area contributed by atoms with Crippen LogP contribution in [0.1, 0.15) is 13.2 Å². The number of benzene rings is 1. The summed E-state index contributed by atoms with van der Waals surface area (Å²) in [5.74, 6) is -0.600. The van der Waals surface area contributed by atoms with Gasteiger partial charge in [0.05, 0.1) is 18.6 Å². The van der Waals surface area contributed by atoms with E-state index in [2.05, 4.69) is 0 Å². The summed E-state index contributed by atoms with van der Waals surface area (Å²) in [4.78, 5) is 12.5. The first kappa shape index (κ1) is 15.0. The van der Waals surface area contributed by atoms with Gasteiger partial charge < -0.3 is 19.7 Å². The molecule has 6 nitrogen and oxygen atoms in total. The molecule has 2 heterocycles. The van der Waals surface area contributed by atoms with E-state index in [-0.39, 0.29) is 11.1 Å².